The number of alkyl halides is 3. The molecular weight excluding hydrogens is 403 g/mol. The molecule has 28 heavy (non-hydrogen) atoms. The molecule has 10 heteroatoms. The van der Waals surface area contributed by atoms with Gasteiger partial charge >= 0.3 is 12.1 Å². The molecule has 2 rings (SSSR count). The van der Waals surface area contributed by atoms with Crippen LogP contribution in [-0.4, -0.2) is 24.6 Å². The van der Waals surface area contributed by atoms with Crippen LogP contribution in [0.5, 0.6) is 0 Å². The van der Waals surface area contributed by atoms with E-state index in [4.69, 9.17) is 4.74 Å². The maximum atomic E-state index is 12.9. The monoisotopic (exact) mass is 420 g/mol. The number of halogens is 5. The van der Waals surface area contributed by atoms with Gasteiger partial charge in [-0.25, -0.2) is 9.78 Å². The SMILES string of the molecule is CC(CCOC(=O)c1sc(N(C)c2cccc(C(F)(F)F)c2)nc1C)=C(F)F. The number of hydrogen-bond acceptors (Lipinski definition) is 5. The Balaban J connectivity index is 2.15. The van der Waals surface area contributed by atoms with Crippen molar-refractivity contribution in [1.29, 1.82) is 0 Å². The number of carbonyl (C=O) groups excluding carboxylic acids is 1. The van der Waals surface area contributed by atoms with Crippen LogP contribution in [0.25, 0.3) is 0 Å². The summed E-state index contributed by atoms with van der Waals surface area (Å²) in [5.41, 5.74) is -0.373. The Morgan fingerprint density at radius 2 is 1.96 bits per heavy atom. The predicted molar refractivity (Wildman–Crippen MR) is 96.2 cm³/mol. The van der Waals surface area contributed by atoms with Crippen molar-refractivity contribution in [3.05, 3.63) is 52.1 Å². The van der Waals surface area contributed by atoms with Crippen molar-refractivity contribution in [2.75, 3.05) is 18.6 Å². The van der Waals surface area contributed by atoms with Crippen molar-refractivity contribution in [2.24, 2.45) is 0 Å². The topological polar surface area (TPSA) is 42.4 Å². The number of hydrogen-bond donors (Lipinski definition) is 0. The minimum atomic E-state index is -4.48. The molecule has 0 radical (unpaired) electrons. The molecular formula is C18H17F5N2O2S. The molecule has 0 bridgehead atoms. The predicted octanol–water partition coefficient (Wildman–Crippen LogP) is 5.96. The summed E-state index contributed by atoms with van der Waals surface area (Å²) in [6, 6.07) is 4.72. The zero-order valence-electron chi connectivity index (χ0n) is 15.2. The molecule has 0 N–H and O–H groups in total. The van der Waals surface area contributed by atoms with Crippen LogP contribution in [0.3, 0.4) is 0 Å². The number of rotatable bonds is 6. The number of esters is 1. The van der Waals surface area contributed by atoms with Gasteiger partial charge in [0.2, 0.25) is 0 Å². The van der Waals surface area contributed by atoms with E-state index in [-0.39, 0.29) is 29.2 Å². The van der Waals surface area contributed by atoms with Gasteiger partial charge in [0.1, 0.15) is 4.88 Å². The summed E-state index contributed by atoms with van der Waals surface area (Å²) in [7, 11) is 1.53. The maximum absolute atomic E-state index is 12.9. The molecule has 0 spiro atoms. The molecule has 2 aromatic rings. The summed E-state index contributed by atoms with van der Waals surface area (Å²) in [4.78, 5) is 17.9. The molecule has 0 saturated heterocycles. The molecule has 0 aliphatic carbocycles. The molecule has 0 aliphatic heterocycles. The highest BCUT2D eigenvalue weighted by Crippen LogP contribution is 2.35. The number of aromatic nitrogens is 1. The molecule has 152 valence electrons. The van der Waals surface area contributed by atoms with Crippen molar-refractivity contribution < 1.29 is 31.5 Å². The molecule has 1 aromatic carbocycles. The number of aryl methyl sites for hydroxylation is 1. The van der Waals surface area contributed by atoms with Crippen LogP contribution < -0.4 is 4.90 Å². The molecule has 0 fully saturated rings. The number of anilines is 2. The van der Waals surface area contributed by atoms with Crippen LogP contribution in [0, 0.1) is 6.92 Å². The van der Waals surface area contributed by atoms with E-state index in [1.165, 1.54) is 31.0 Å². The van der Waals surface area contributed by atoms with Crippen LogP contribution in [0.4, 0.5) is 32.8 Å². The van der Waals surface area contributed by atoms with Crippen LogP contribution in [-0.2, 0) is 10.9 Å². The lowest BCUT2D eigenvalue weighted by molar-refractivity contribution is -0.137. The van der Waals surface area contributed by atoms with E-state index < -0.39 is 23.8 Å². The standard InChI is InChI=1S/C18H17F5N2O2S/c1-10(15(19)20)7-8-27-16(26)14-11(2)24-17(28-14)25(3)13-6-4-5-12(9-13)18(21,22)23/h4-6,9H,7-8H2,1-3H3. The van der Waals surface area contributed by atoms with Crippen LogP contribution in [0.1, 0.15) is 34.3 Å². The highest BCUT2D eigenvalue weighted by atomic mass is 32.1. The summed E-state index contributed by atoms with van der Waals surface area (Å²) < 4.78 is 68.4. The summed E-state index contributed by atoms with van der Waals surface area (Å²) >= 11 is 0.948. The average molecular weight is 420 g/mol. The van der Waals surface area contributed by atoms with Gasteiger partial charge in [0.25, 0.3) is 6.08 Å². The minimum Gasteiger partial charge on any atom is -0.461 e. The van der Waals surface area contributed by atoms with Crippen molar-refractivity contribution in [3.8, 4) is 0 Å². The Hall–Kier alpha value is -2.49. The first-order chi connectivity index (χ1) is 13.0. The van der Waals surface area contributed by atoms with Gasteiger partial charge in [-0.3, -0.25) is 0 Å². The summed E-state index contributed by atoms with van der Waals surface area (Å²) in [5, 5.41) is 0.301. The highest BCUT2D eigenvalue weighted by molar-refractivity contribution is 7.17. The summed E-state index contributed by atoms with van der Waals surface area (Å²) in [5.74, 6) is -0.717. The first kappa shape index (κ1) is 21.8. The lowest BCUT2D eigenvalue weighted by Gasteiger charge is -2.17. The third-order valence-electron chi connectivity index (χ3n) is 3.85. The largest absolute Gasteiger partial charge is 0.461 e. The Morgan fingerprint density at radius 3 is 2.57 bits per heavy atom. The third kappa shape index (κ3) is 5.28. The Morgan fingerprint density at radius 1 is 1.29 bits per heavy atom. The fourth-order valence-electron chi connectivity index (χ4n) is 2.17. The molecule has 0 aliphatic rings. The quantitative estimate of drug-likeness (QED) is 0.428. The van der Waals surface area contributed by atoms with Gasteiger partial charge < -0.3 is 9.64 Å². The van der Waals surface area contributed by atoms with Crippen molar-refractivity contribution >= 4 is 28.1 Å². The van der Waals surface area contributed by atoms with Gasteiger partial charge in [-0.15, -0.1) is 0 Å². The molecule has 0 atom stereocenters. The molecule has 1 aromatic heterocycles. The first-order valence-corrected chi connectivity index (χ1v) is 8.88. The lowest BCUT2D eigenvalue weighted by Crippen LogP contribution is -2.11. The van der Waals surface area contributed by atoms with Crippen molar-refractivity contribution in [1.82, 2.24) is 4.98 Å². The van der Waals surface area contributed by atoms with Crippen molar-refractivity contribution in [2.45, 2.75) is 26.4 Å². The van der Waals surface area contributed by atoms with Crippen LogP contribution in [0.15, 0.2) is 35.9 Å². The fourth-order valence-corrected chi connectivity index (χ4v) is 3.12. The number of benzene rings is 1. The van der Waals surface area contributed by atoms with Crippen molar-refractivity contribution in [3.63, 3.8) is 0 Å². The van der Waals surface area contributed by atoms with E-state index in [2.05, 4.69) is 4.98 Å². The second kappa shape index (κ2) is 8.68. The maximum Gasteiger partial charge on any atom is 0.416 e. The average Bonchev–Trinajstić information content (AvgIpc) is 3.02. The molecule has 1 heterocycles. The van der Waals surface area contributed by atoms with Gasteiger partial charge in [0.05, 0.1) is 17.9 Å². The highest BCUT2D eigenvalue weighted by Gasteiger charge is 2.31. The van der Waals surface area contributed by atoms with E-state index in [0.29, 0.717) is 10.8 Å². The van der Waals surface area contributed by atoms with Gasteiger partial charge in [-0.1, -0.05) is 17.4 Å². The Bertz CT molecular complexity index is 888. The smallest absolute Gasteiger partial charge is 0.416 e. The summed E-state index contributed by atoms with van der Waals surface area (Å²) in [6.45, 7) is 2.59. The fraction of sp³-hybridized carbons (Fsp3) is 0.333. The minimum absolute atomic E-state index is 0.0943. The Labute approximate surface area is 162 Å². The van der Waals surface area contributed by atoms with Gasteiger partial charge in [-0.2, -0.15) is 22.0 Å². The van der Waals surface area contributed by atoms with Gasteiger partial charge in [0, 0.05) is 19.2 Å². The molecule has 0 unspecified atom stereocenters. The third-order valence-corrected chi connectivity index (χ3v) is 5.07. The Kier molecular flexibility index (Phi) is 6.76. The number of thiazole rings is 1. The van der Waals surface area contributed by atoms with E-state index in [1.54, 1.807) is 6.92 Å². The second-order valence-corrected chi connectivity index (χ2v) is 6.92. The van der Waals surface area contributed by atoms with E-state index in [9.17, 15) is 26.7 Å². The van der Waals surface area contributed by atoms with Crippen LogP contribution in [0.2, 0.25) is 0 Å². The zero-order chi connectivity index (χ0) is 21.1. The number of nitrogens with zero attached hydrogens (tertiary/aromatic N) is 2. The lowest BCUT2D eigenvalue weighted by atomic mass is 10.2. The van der Waals surface area contributed by atoms with E-state index in [0.717, 1.165) is 23.5 Å². The van der Waals surface area contributed by atoms with Gasteiger partial charge in [0.15, 0.2) is 5.13 Å². The molecule has 4 nitrogen and oxygen atoms in total. The first-order valence-electron chi connectivity index (χ1n) is 8.07. The number of carbonyl (C=O) groups is 1. The summed E-state index contributed by atoms with van der Waals surface area (Å²) in [6.07, 6.45) is -6.38. The van der Waals surface area contributed by atoms with Gasteiger partial charge in [-0.05, 0) is 37.6 Å². The van der Waals surface area contributed by atoms with E-state index >= 15 is 0 Å². The normalized spacial score (nSPS) is 11.3. The van der Waals surface area contributed by atoms with E-state index in [1.807, 2.05) is 0 Å². The van der Waals surface area contributed by atoms with Crippen LogP contribution >= 0.6 is 11.3 Å². The zero-order valence-corrected chi connectivity index (χ0v) is 16.0. The second-order valence-electron chi connectivity index (χ2n) is 5.94. The molecule has 0 amide bonds. The molecule has 0 saturated carbocycles. The number of ether oxygens (including phenoxy) is 1.